The average molecular weight is 339 g/mol. The number of ether oxygens (including phenoxy) is 1. The highest BCUT2D eigenvalue weighted by molar-refractivity contribution is 6.30. The van der Waals surface area contributed by atoms with Crippen LogP contribution in [0, 0.1) is 33.8 Å². The van der Waals surface area contributed by atoms with E-state index in [1.54, 1.807) is 24.3 Å². The SMILES string of the molecule is C#CCOc1ccc([N+](=O)[O-])cc1/C=C(/C#N)c1ccc(Cl)cc1. The summed E-state index contributed by atoms with van der Waals surface area (Å²) in [5.74, 6) is 2.69. The maximum absolute atomic E-state index is 11.0. The normalized spacial score (nSPS) is 10.5. The summed E-state index contributed by atoms with van der Waals surface area (Å²) >= 11 is 5.84. The summed E-state index contributed by atoms with van der Waals surface area (Å²) in [5, 5.41) is 20.9. The summed E-state index contributed by atoms with van der Waals surface area (Å²) in [5.41, 5.74) is 1.24. The third-order valence-electron chi connectivity index (χ3n) is 3.09. The van der Waals surface area contributed by atoms with E-state index < -0.39 is 4.92 Å². The molecule has 6 heteroatoms. The molecule has 0 amide bonds. The van der Waals surface area contributed by atoms with Crippen molar-refractivity contribution in [1.29, 1.82) is 5.26 Å². The largest absolute Gasteiger partial charge is 0.480 e. The van der Waals surface area contributed by atoms with Crippen LogP contribution in [0.15, 0.2) is 42.5 Å². The molecular weight excluding hydrogens is 328 g/mol. The van der Waals surface area contributed by atoms with E-state index in [0.29, 0.717) is 27.5 Å². The first-order chi connectivity index (χ1) is 11.5. The number of non-ortho nitro benzene ring substituents is 1. The Labute approximate surface area is 143 Å². The van der Waals surface area contributed by atoms with Gasteiger partial charge in [0.25, 0.3) is 5.69 Å². The van der Waals surface area contributed by atoms with Crippen molar-refractivity contribution in [2.24, 2.45) is 0 Å². The topological polar surface area (TPSA) is 76.2 Å². The maximum Gasteiger partial charge on any atom is 0.270 e. The standard InChI is InChI=1S/C18H11ClN2O3/c1-2-9-24-18-8-7-17(21(22)23)11-14(18)10-15(12-20)13-3-5-16(19)6-4-13/h1,3-8,10-11H,9H2/b15-10-. The van der Waals surface area contributed by atoms with Crippen LogP contribution in [0.1, 0.15) is 11.1 Å². The lowest BCUT2D eigenvalue weighted by atomic mass is 10.0. The predicted octanol–water partition coefficient (Wildman–Crippen LogP) is 4.32. The first-order valence-electron chi connectivity index (χ1n) is 6.77. The van der Waals surface area contributed by atoms with E-state index in [-0.39, 0.29) is 12.3 Å². The molecule has 0 aliphatic carbocycles. The molecule has 0 aromatic heterocycles. The lowest BCUT2D eigenvalue weighted by Crippen LogP contribution is -1.97. The van der Waals surface area contributed by atoms with Crippen LogP contribution in [0.5, 0.6) is 5.75 Å². The van der Waals surface area contributed by atoms with Gasteiger partial charge in [0.15, 0.2) is 0 Å². The fraction of sp³-hybridized carbons (Fsp3) is 0.0556. The predicted molar refractivity (Wildman–Crippen MR) is 92.4 cm³/mol. The van der Waals surface area contributed by atoms with Crippen molar-refractivity contribution in [1.82, 2.24) is 0 Å². The molecule has 0 bridgehead atoms. The van der Waals surface area contributed by atoms with Gasteiger partial charge >= 0.3 is 0 Å². The van der Waals surface area contributed by atoms with Gasteiger partial charge in [-0.15, -0.1) is 6.42 Å². The van der Waals surface area contributed by atoms with Crippen LogP contribution in [0.4, 0.5) is 5.69 Å². The molecule has 0 unspecified atom stereocenters. The third kappa shape index (κ3) is 4.13. The van der Waals surface area contributed by atoms with E-state index >= 15 is 0 Å². The maximum atomic E-state index is 11.0. The van der Waals surface area contributed by atoms with Gasteiger partial charge in [-0.2, -0.15) is 5.26 Å². The average Bonchev–Trinajstić information content (AvgIpc) is 2.59. The van der Waals surface area contributed by atoms with Crippen LogP contribution in [-0.2, 0) is 0 Å². The molecule has 2 aromatic rings. The Hall–Kier alpha value is -3.28. The number of nitrogens with zero attached hydrogens (tertiary/aromatic N) is 2. The number of rotatable bonds is 5. The first kappa shape index (κ1) is 17.1. The molecule has 118 valence electrons. The Bertz CT molecular complexity index is 875. The summed E-state index contributed by atoms with van der Waals surface area (Å²) in [7, 11) is 0. The van der Waals surface area contributed by atoms with Crippen molar-refractivity contribution in [3.8, 4) is 24.2 Å². The smallest absolute Gasteiger partial charge is 0.270 e. The number of halogens is 1. The number of terminal acetylenes is 1. The first-order valence-corrected chi connectivity index (χ1v) is 7.15. The second-order valence-electron chi connectivity index (χ2n) is 4.65. The summed E-state index contributed by atoms with van der Waals surface area (Å²) < 4.78 is 5.39. The van der Waals surface area contributed by atoms with Gasteiger partial charge in [0, 0.05) is 22.7 Å². The quantitative estimate of drug-likeness (QED) is 0.267. The van der Waals surface area contributed by atoms with Crippen LogP contribution in [0.25, 0.3) is 11.6 Å². The van der Waals surface area contributed by atoms with E-state index in [4.69, 9.17) is 22.8 Å². The van der Waals surface area contributed by atoms with Crippen LogP contribution in [0.3, 0.4) is 0 Å². The van der Waals surface area contributed by atoms with Crippen molar-refractivity contribution >= 4 is 28.9 Å². The summed E-state index contributed by atoms with van der Waals surface area (Å²) in [6.07, 6.45) is 6.69. The lowest BCUT2D eigenvalue weighted by Gasteiger charge is -2.07. The number of nitro benzene ring substituents is 1. The van der Waals surface area contributed by atoms with Crippen molar-refractivity contribution < 1.29 is 9.66 Å². The Morgan fingerprint density at radius 1 is 1.33 bits per heavy atom. The molecule has 0 aliphatic rings. The number of benzene rings is 2. The number of hydrogen-bond donors (Lipinski definition) is 0. The third-order valence-corrected chi connectivity index (χ3v) is 3.34. The van der Waals surface area contributed by atoms with Crippen molar-refractivity contribution in [3.05, 3.63) is 68.7 Å². The molecule has 24 heavy (non-hydrogen) atoms. The van der Waals surface area contributed by atoms with Crippen molar-refractivity contribution in [2.45, 2.75) is 0 Å². The van der Waals surface area contributed by atoms with E-state index in [2.05, 4.69) is 12.0 Å². The van der Waals surface area contributed by atoms with E-state index in [9.17, 15) is 15.4 Å². The molecular formula is C18H11ClN2O3. The van der Waals surface area contributed by atoms with Gasteiger partial charge in [-0.25, -0.2) is 0 Å². The van der Waals surface area contributed by atoms with Crippen molar-refractivity contribution in [3.63, 3.8) is 0 Å². The summed E-state index contributed by atoms with van der Waals surface area (Å²) in [6.45, 7) is 0.0154. The fourth-order valence-corrected chi connectivity index (χ4v) is 2.10. The number of nitro groups is 1. The molecule has 0 saturated carbocycles. The molecule has 0 saturated heterocycles. The summed E-state index contributed by atoms with van der Waals surface area (Å²) in [6, 6.07) is 12.9. The monoisotopic (exact) mass is 338 g/mol. The zero-order valence-corrected chi connectivity index (χ0v) is 13.2. The Morgan fingerprint density at radius 2 is 2.04 bits per heavy atom. The van der Waals surface area contributed by atoms with E-state index in [1.165, 1.54) is 24.3 Å². The van der Waals surface area contributed by atoms with Crippen LogP contribution in [-0.4, -0.2) is 11.5 Å². The van der Waals surface area contributed by atoms with Crippen molar-refractivity contribution in [2.75, 3.05) is 6.61 Å². The highest BCUT2D eigenvalue weighted by Gasteiger charge is 2.12. The Kier molecular flexibility index (Phi) is 5.57. The zero-order chi connectivity index (χ0) is 17.5. The van der Waals surface area contributed by atoms with Gasteiger partial charge in [0.1, 0.15) is 12.4 Å². The molecule has 0 radical (unpaired) electrons. The molecule has 0 fully saturated rings. The van der Waals surface area contributed by atoms with E-state index in [0.717, 1.165) is 0 Å². The molecule has 0 aliphatic heterocycles. The highest BCUT2D eigenvalue weighted by Crippen LogP contribution is 2.29. The minimum absolute atomic E-state index is 0.0154. The van der Waals surface area contributed by atoms with Crippen LogP contribution >= 0.6 is 11.6 Å². The van der Waals surface area contributed by atoms with Gasteiger partial charge in [-0.1, -0.05) is 29.7 Å². The summed E-state index contributed by atoms with van der Waals surface area (Å²) in [4.78, 5) is 10.5. The molecule has 0 spiro atoms. The number of hydrogen-bond acceptors (Lipinski definition) is 4. The van der Waals surface area contributed by atoms with Gasteiger partial charge in [0.05, 0.1) is 16.6 Å². The molecule has 5 nitrogen and oxygen atoms in total. The zero-order valence-electron chi connectivity index (χ0n) is 12.4. The Morgan fingerprint density at radius 3 is 2.62 bits per heavy atom. The van der Waals surface area contributed by atoms with E-state index in [1.807, 2.05) is 0 Å². The molecule has 0 atom stereocenters. The molecule has 0 heterocycles. The Balaban J connectivity index is 2.52. The van der Waals surface area contributed by atoms with Gasteiger partial charge in [-0.05, 0) is 29.8 Å². The van der Waals surface area contributed by atoms with Gasteiger partial charge < -0.3 is 4.74 Å². The number of nitriles is 1. The molecule has 2 aromatic carbocycles. The van der Waals surface area contributed by atoms with Crippen LogP contribution in [0.2, 0.25) is 5.02 Å². The van der Waals surface area contributed by atoms with Crippen LogP contribution < -0.4 is 4.74 Å². The lowest BCUT2D eigenvalue weighted by molar-refractivity contribution is -0.384. The highest BCUT2D eigenvalue weighted by atomic mass is 35.5. The minimum atomic E-state index is -0.517. The second-order valence-corrected chi connectivity index (χ2v) is 5.09. The van der Waals surface area contributed by atoms with Gasteiger partial charge in [0.2, 0.25) is 0 Å². The molecule has 0 N–H and O–H groups in total. The fourth-order valence-electron chi connectivity index (χ4n) is 1.98. The second kappa shape index (κ2) is 7.82. The molecule has 2 rings (SSSR count). The number of allylic oxidation sites excluding steroid dienone is 1. The van der Waals surface area contributed by atoms with Gasteiger partial charge in [-0.3, -0.25) is 10.1 Å². The minimum Gasteiger partial charge on any atom is -0.480 e.